The Balaban J connectivity index is 1.89. The van der Waals surface area contributed by atoms with Crippen LogP contribution in [-0.2, 0) is 0 Å². The maximum atomic E-state index is 9.19. The van der Waals surface area contributed by atoms with E-state index in [-0.39, 0.29) is 0 Å². The van der Waals surface area contributed by atoms with Gasteiger partial charge in [-0.25, -0.2) is 4.98 Å². The van der Waals surface area contributed by atoms with Crippen LogP contribution in [0.2, 0.25) is 0 Å². The number of nitrogens with zero attached hydrogens (tertiary/aromatic N) is 3. The molecule has 0 saturated heterocycles. The molecule has 0 radical (unpaired) electrons. The molecular formula is C10H14N4S2. The molecule has 86 valence electrons. The van der Waals surface area contributed by atoms with Gasteiger partial charge in [0.05, 0.1) is 6.07 Å². The van der Waals surface area contributed by atoms with Crippen LogP contribution in [0.15, 0.2) is 4.34 Å². The number of aryl methyl sites for hydroxylation is 1. The highest BCUT2D eigenvalue weighted by Gasteiger charge is 2.32. The summed E-state index contributed by atoms with van der Waals surface area (Å²) < 4.78 is 5.06. The Labute approximate surface area is 104 Å². The number of aromatic nitrogens is 2. The maximum absolute atomic E-state index is 9.19. The summed E-state index contributed by atoms with van der Waals surface area (Å²) in [7, 11) is 0. The van der Waals surface area contributed by atoms with Crippen LogP contribution < -0.4 is 5.32 Å². The maximum Gasteiger partial charge on any atom is 0.170 e. The quantitative estimate of drug-likeness (QED) is 0.814. The van der Waals surface area contributed by atoms with Crippen molar-refractivity contribution in [2.24, 2.45) is 0 Å². The lowest BCUT2D eigenvalue weighted by molar-refractivity contribution is 0.490. The fourth-order valence-corrected chi connectivity index (χ4v) is 3.01. The monoisotopic (exact) mass is 254 g/mol. The highest BCUT2D eigenvalue weighted by Crippen LogP contribution is 2.27. The van der Waals surface area contributed by atoms with Crippen molar-refractivity contribution in [2.75, 3.05) is 5.75 Å². The molecule has 0 amide bonds. The molecule has 1 heterocycles. The number of thioether (sulfide) groups is 1. The molecule has 0 bridgehead atoms. The third-order valence-corrected chi connectivity index (χ3v) is 4.58. The first-order valence-corrected chi connectivity index (χ1v) is 6.99. The average Bonchev–Trinajstić information content (AvgIpc) is 2.97. The first-order valence-electron chi connectivity index (χ1n) is 5.23. The van der Waals surface area contributed by atoms with Gasteiger partial charge in [-0.3, -0.25) is 5.32 Å². The Hall–Kier alpha value is -0.640. The Bertz CT molecular complexity index is 407. The van der Waals surface area contributed by atoms with Crippen LogP contribution in [0.3, 0.4) is 0 Å². The van der Waals surface area contributed by atoms with Crippen molar-refractivity contribution >= 4 is 23.3 Å². The van der Waals surface area contributed by atoms with Gasteiger partial charge >= 0.3 is 0 Å². The Kier molecular flexibility index (Phi) is 3.47. The fraction of sp³-hybridized carbons (Fsp3) is 0.700. The molecule has 1 atom stereocenters. The molecule has 1 N–H and O–H groups in total. The van der Waals surface area contributed by atoms with Crippen LogP contribution in [0.25, 0.3) is 0 Å². The van der Waals surface area contributed by atoms with E-state index in [0.717, 1.165) is 10.2 Å². The van der Waals surface area contributed by atoms with Gasteiger partial charge in [0.2, 0.25) is 0 Å². The van der Waals surface area contributed by atoms with Crippen molar-refractivity contribution in [3.05, 3.63) is 5.82 Å². The molecule has 6 heteroatoms. The van der Waals surface area contributed by atoms with Gasteiger partial charge in [-0.15, -0.1) is 0 Å². The summed E-state index contributed by atoms with van der Waals surface area (Å²) >= 11 is 3.00. The van der Waals surface area contributed by atoms with E-state index in [0.29, 0.717) is 11.8 Å². The van der Waals surface area contributed by atoms with E-state index >= 15 is 0 Å². The molecule has 2 rings (SSSR count). The van der Waals surface area contributed by atoms with Crippen molar-refractivity contribution in [3.8, 4) is 6.07 Å². The van der Waals surface area contributed by atoms with Crippen LogP contribution in [0.5, 0.6) is 0 Å². The smallest absolute Gasteiger partial charge is 0.170 e. The second-order valence-corrected chi connectivity index (χ2v) is 6.23. The second kappa shape index (κ2) is 4.70. The predicted octanol–water partition coefficient (Wildman–Crippen LogP) is 1.97. The van der Waals surface area contributed by atoms with E-state index in [2.05, 4.69) is 20.7 Å². The van der Waals surface area contributed by atoms with E-state index < -0.39 is 5.54 Å². The van der Waals surface area contributed by atoms with Gasteiger partial charge in [-0.1, -0.05) is 11.8 Å². The predicted molar refractivity (Wildman–Crippen MR) is 65.5 cm³/mol. The van der Waals surface area contributed by atoms with Crippen molar-refractivity contribution in [1.29, 1.82) is 5.26 Å². The second-order valence-electron chi connectivity index (χ2n) is 4.26. The van der Waals surface area contributed by atoms with Gasteiger partial charge in [0, 0.05) is 11.8 Å². The molecule has 16 heavy (non-hydrogen) atoms. The van der Waals surface area contributed by atoms with Gasteiger partial charge < -0.3 is 0 Å². The molecule has 1 aromatic rings. The zero-order chi connectivity index (χ0) is 11.6. The number of nitrogens with one attached hydrogen (secondary N) is 1. The van der Waals surface area contributed by atoms with E-state index in [9.17, 15) is 5.26 Å². The Morgan fingerprint density at radius 3 is 2.94 bits per heavy atom. The van der Waals surface area contributed by atoms with Gasteiger partial charge in [0.25, 0.3) is 0 Å². The molecule has 1 aromatic heterocycles. The van der Waals surface area contributed by atoms with Crippen LogP contribution in [-0.4, -0.2) is 26.7 Å². The third kappa shape index (κ3) is 3.17. The summed E-state index contributed by atoms with van der Waals surface area (Å²) in [5.74, 6) is 1.52. The van der Waals surface area contributed by atoms with Gasteiger partial charge in [-0.2, -0.15) is 9.64 Å². The van der Waals surface area contributed by atoms with Crippen molar-refractivity contribution in [3.63, 3.8) is 0 Å². The minimum Gasteiger partial charge on any atom is -0.296 e. The summed E-state index contributed by atoms with van der Waals surface area (Å²) in [4.78, 5) is 4.28. The minimum absolute atomic E-state index is 0.453. The number of hydrogen-bond acceptors (Lipinski definition) is 6. The molecule has 0 aromatic carbocycles. The van der Waals surface area contributed by atoms with Crippen LogP contribution in [0, 0.1) is 18.3 Å². The molecule has 0 spiro atoms. The highest BCUT2D eigenvalue weighted by molar-refractivity contribution is 8.01. The summed E-state index contributed by atoms with van der Waals surface area (Å²) in [6.45, 7) is 3.83. The Morgan fingerprint density at radius 2 is 2.44 bits per heavy atom. The molecule has 1 aliphatic rings. The zero-order valence-corrected chi connectivity index (χ0v) is 11.0. The third-order valence-electron chi connectivity index (χ3n) is 2.34. The lowest BCUT2D eigenvalue weighted by Crippen LogP contribution is -2.44. The minimum atomic E-state index is -0.453. The zero-order valence-electron chi connectivity index (χ0n) is 9.36. The highest BCUT2D eigenvalue weighted by atomic mass is 32.2. The topological polar surface area (TPSA) is 61.6 Å². The van der Waals surface area contributed by atoms with Gasteiger partial charge in [0.1, 0.15) is 11.4 Å². The summed E-state index contributed by atoms with van der Waals surface area (Å²) in [5.41, 5.74) is -0.453. The molecule has 1 fully saturated rings. The largest absolute Gasteiger partial charge is 0.296 e. The first-order chi connectivity index (χ1) is 7.61. The number of nitriles is 1. The van der Waals surface area contributed by atoms with Crippen LogP contribution >= 0.6 is 23.3 Å². The van der Waals surface area contributed by atoms with E-state index in [1.807, 2.05) is 13.8 Å². The first kappa shape index (κ1) is 11.8. The summed E-state index contributed by atoms with van der Waals surface area (Å²) in [6.07, 6.45) is 2.39. The normalized spacial score (nSPS) is 19.1. The lowest BCUT2D eigenvalue weighted by atomic mass is 10.1. The molecule has 1 saturated carbocycles. The van der Waals surface area contributed by atoms with E-state index in [1.165, 1.54) is 24.4 Å². The molecule has 1 unspecified atom stereocenters. The lowest BCUT2D eigenvalue weighted by Gasteiger charge is -2.21. The SMILES string of the molecule is Cc1nsc(SCC(C)(C#N)NC2CC2)n1. The average molecular weight is 254 g/mol. The van der Waals surface area contributed by atoms with Crippen LogP contribution in [0.4, 0.5) is 0 Å². The van der Waals surface area contributed by atoms with E-state index in [4.69, 9.17) is 0 Å². The van der Waals surface area contributed by atoms with Crippen molar-refractivity contribution < 1.29 is 0 Å². The van der Waals surface area contributed by atoms with Crippen LogP contribution in [0.1, 0.15) is 25.6 Å². The van der Waals surface area contributed by atoms with Gasteiger partial charge in [0.15, 0.2) is 4.34 Å². The number of hydrogen-bond donors (Lipinski definition) is 1. The molecule has 1 aliphatic carbocycles. The summed E-state index contributed by atoms with van der Waals surface area (Å²) in [6, 6.07) is 2.89. The molecule has 0 aliphatic heterocycles. The van der Waals surface area contributed by atoms with Crippen molar-refractivity contribution in [2.45, 2.75) is 42.6 Å². The molecule has 4 nitrogen and oxygen atoms in total. The number of rotatable bonds is 5. The summed E-state index contributed by atoms with van der Waals surface area (Å²) in [5, 5.41) is 12.6. The standard InChI is InChI=1S/C10H14N4S2/c1-7-12-9(16-14-7)15-6-10(2,5-11)13-8-3-4-8/h8,13H,3-4,6H2,1-2H3. The van der Waals surface area contributed by atoms with Gasteiger partial charge in [-0.05, 0) is 38.2 Å². The Morgan fingerprint density at radius 1 is 1.69 bits per heavy atom. The van der Waals surface area contributed by atoms with Crippen molar-refractivity contribution in [1.82, 2.24) is 14.7 Å². The fourth-order valence-electron chi connectivity index (χ4n) is 1.33. The molecular weight excluding hydrogens is 240 g/mol. The van der Waals surface area contributed by atoms with E-state index in [1.54, 1.807) is 11.8 Å².